The van der Waals surface area contributed by atoms with Crippen LogP contribution in [0, 0.1) is 11.7 Å². The summed E-state index contributed by atoms with van der Waals surface area (Å²) in [5.41, 5.74) is 1.60. The molecule has 2 aromatic rings. The summed E-state index contributed by atoms with van der Waals surface area (Å²) in [4.78, 5) is 10.6. The van der Waals surface area contributed by atoms with Gasteiger partial charge in [-0.1, -0.05) is 22.9 Å². The molecule has 0 spiro atoms. The van der Waals surface area contributed by atoms with E-state index in [1.54, 1.807) is 6.07 Å². The van der Waals surface area contributed by atoms with Gasteiger partial charge in [-0.15, -0.1) is 0 Å². The van der Waals surface area contributed by atoms with E-state index in [-0.39, 0.29) is 5.82 Å². The van der Waals surface area contributed by atoms with Crippen molar-refractivity contribution in [1.29, 1.82) is 0 Å². The first-order valence-corrected chi connectivity index (χ1v) is 7.59. The summed E-state index contributed by atoms with van der Waals surface area (Å²) in [6, 6.07) is 4.67. The number of nitrogens with one attached hydrogen (secondary N) is 1. The average Bonchev–Trinajstić information content (AvgIpc) is 2.81. The molecule has 1 aromatic heterocycles. The van der Waals surface area contributed by atoms with E-state index in [0.717, 1.165) is 48.8 Å². The normalized spacial score (nSPS) is 19.0. The Morgan fingerprint density at radius 1 is 1.42 bits per heavy atom. The van der Waals surface area contributed by atoms with Crippen molar-refractivity contribution < 1.29 is 4.39 Å². The molecule has 1 aliphatic heterocycles. The van der Waals surface area contributed by atoms with Gasteiger partial charge in [-0.3, -0.25) is 0 Å². The Morgan fingerprint density at radius 3 is 2.84 bits per heavy atom. The SMILES string of the molecule is CC(Br)C1CCN(c2nc3ccc(F)cc3[nH]2)CC1. The maximum atomic E-state index is 13.2. The third-order valence-corrected chi connectivity index (χ3v) is 4.67. The zero-order chi connectivity index (χ0) is 13.4. The van der Waals surface area contributed by atoms with Gasteiger partial charge in [0.15, 0.2) is 0 Å². The molecule has 1 unspecified atom stereocenters. The Kier molecular flexibility index (Phi) is 3.48. The number of rotatable bonds is 2. The molecule has 1 N–H and O–H groups in total. The van der Waals surface area contributed by atoms with Crippen LogP contribution >= 0.6 is 15.9 Å². The summed E-state index contributed by atoms with van der Waals surface area (Å²) < 4.78 is 13.2. The Labute approximate surface area is 120 Å². The number of alkyl halides is 1. The van der Waals surface area contributed by atoms with Crippen LogP contribution in [0.3, 0.4) is 0 Å². The summed E-state index contributed by atoms with van der Waals surface area (Å²) in [5.74, 6) is 1.37. The van der Waals surface area contributed by atoms with Crippen molar-refractivity contribution >= 4 is 32.9 Å². The molecule has 1 saturated heterocycles. The lowest BCUT2D eigenvalue weighted by molar-refractivity contribution is 0.404. The topological polar surface area (TPSA) is 31.9 Å². The van der Waals surface area contributed by atoms with E-state index in [1.807, 2.05) is 0 Å². The molecule has 1 fully saturated rings. The minimum atomic E-state index is -0.227. The van der Waals surface area contributed by atoms with Crippen molar-refractivity contribution in [2.75, 3.05) is 18.0 Å². The lowest BCUT2D eigenvalue weighted by atomic mass is 9.94. The number of benzene rings is 1. The van der Waals surface area contributed by atoms with Crippen LogP contribution in [0.2, 0.25) is 0 Å². The van der Waals surface area contributed by atoms with Crippen LogP contribution in [0.25, 0.3) is 11.0 Å². The maximum Gasteiger partial charge on any atom is 0.203 e. The molecular formula is C14H17BrFN3. The van der Waals surface area contributed by atoms with Crippen LogP contribution in [0.4, 0.5) is 10.3 Å². The average molecular weight is 326 g/mol. The molecular weight excluding hydrogens is 309 g/mol. The molecule has 0 aliphatic carbocycles. The number of nitrogens with zero attached hydrogens (tertiary/aromatic N) is 2. The van der Waals surface area contributed by atoms with Crippen molar-refractivity contribution in [1.82, 2.24) is 9.97 Å². The molecule has 3 nitrogen and oxygen atoms in total. The van der Waals surface area contributed by atoms with Gasteiger partial charge in [0.1, 0.15) is 5.82 Å². The fraction of sp³-hybridized carbons (Fsp3) is 0.500. The lowest BCUT2D eigenvalue weighted by Crippen LogP contribution is -2.36. The summed E-state index contributed by atoms with van der Waals surface area (Å²) >= 11 is 3.66. The van der Waals surface area contributed by atoms with Gasteiger partial charge in [0, 0.05) is 17.9 Å². The lowest BCUT2D eigenvalue weighted by Gasteiger charge is -2.33. The van der Waals surface area contributed by atoms with E-state index in [1.165, 1.54) is 12.1 Å². The van der Waals surface area contributed by atoms with Crippen LogP contribution < -0.4 is 4.90 Å². The second-order valence-electron chi connectivity index (χ2n) is 5.22. The fourth-order valence-electron chi connectivity index (χ4n) is 2.69. The van der Waals surface area contributed by atoms with Crippen molar-refractivity contribution in [3.8, 4) is 0 Å². The third-order valence-electron chi connectivity index (χ3n) is 3.92. The second kappa shape index (κ2) is 5.12. The quantitative estimate of drug-likeness (QED) is 0.854. The molecule has 0 bridgehead atoms. The fourth-order valence-corrected chi connectivity index (χ4v) is 3.22. The van der Waals surface area contributed by atoms with Gasteiger partial charge in [-0.25, -0.2) is 9.37 Å². The highest BCUT2D eigenvalue weighted by Crippen LogP contribution is 2.28. The minimum absolute atomic E-state index is 0.227. The van der Waals surface area contributed by atoms with Gasteiger partial charge in [0.2, 0.25) is 5.95 Å². The molecule has 1 aromatic carbocycles. The summed E-state index contributed by atoms with van der Waals surface area (Å²) in [6.07, 6.45) is 2.33. The number of hydrogen-bond acceptors (Lipinski definition) is 2. The Balaban J connectivity index is 1.78. The highest BCUT2D eigenvalue weighted by molar-refractivity contribution is 9.09. The molecule has 5 heteroatoms. The predicted octanol–water partition coefficient (Wildman–Crippen LogP) is 3.70. The van der Waals surface area contributed by atoms with E-state index in [9.17, 15) is 4.39 Å². The number of H-pyrrole nitrogens is 1. The Bertz CT molecular complexity index is 573. The monoisotopic (exact) mass is 325 g/mol. The summed E-state index contributed by atoms with van der Waals surface area (Å²) in [5, 5.41) is 0. The highest BCUT2D eigenvalue weighted by atomic mass is 79.9. The standard InChI is InChI=1S/C14H17BrFN3/c1-9(15)10-4-6-19(7-5-10)14-17-12-3-2-11(16)8-13(12)18-14/h2-3,8-10H,4-7H2,1H3,(H,17,18). The number of aromatic amines is 1. The van der Waals surface area contributed by atoms with Gasteiger partial charge in [0.05, 0.1) is 11.0 Å². The summed E-state index contributed by atoms with van der Waals surface area (Å²) in [6.45, 7) is 4.22. The zero-order valence-corrected chi connectivity index (χ0v) is 12.5. The minimum Gasteiger partial charge on any atom is -0.342 e. The molecule has 0 radical (unpaired) electrons. The van der Waals surface area contributed by atoms with E-state index in [4.69, 9.17) is 0 Å². The molecule has 19 heavy (non-hydrogen) atoms. The molecule has 3 rings (SSSR count). The molecule has 2 heterocycles. The molecule has 0 amide bonds. The third kappa shape index (κ3) is 2.61. The number of halogens is 2. The smallest absolute Gasteiger partial charge is 0.203 e. The van der Waals surface area contributed by atoms with Crippen molar-refractivity contribution in [2.24, 2.45) is 5.92 Å². The van der Waals surface area contributed by atoms with Crippen LogP contribution in [-0.2, 0) is 0 Å². The Hall–Kier alpha value is -1.10. The second-order valence-corrected chi connectivity index (χ2v) is 6.67. The summed E-state index contributed by atoms with van der Waals surface area (Å²) in [7, 11) is 0. The maximum absolute atomic E-state index is 13.2. The number of hydrogen-bond donors (Lipinski definition) is 1. The number of imidazole rings is 1. The molecule has 1 aliphatic rings. The first-order valence-electron chi connectivity index (χ1n) is 6.68. The Morgan fingerprint density at radius 2 is 2.16 bits per heavy atom. The van der Waals surface area contributed by atoms with Crippen LogP contribution in [0.1, 0.15) is 19.8 Å². The number of aromatic nitrogens is 2. The van der Waals surface area contributed by atoms with E-state index in [2.05, 4.69) is 37.7 Å². The first-order chi connectivity index (χ1) is 9.13. The number of piperidine rings is 1. The van der Waals surface area contributed by atoms with Crippen molar-refractivity contribution in [3.63, 3.8) is 0 Å². The highest BCUT2D eigenvalue weighted by Gasteiger charge is 2.23. The predicted molar refractivity (Wildman–Crippen MR) is 79.4 cm³/mol. The van der Waals surface area contributed by atoms with Crippen LogP contribution in [-0.4, -0.2) is 27.9 Å². The molecule has 1 atom stereocenters. The van der Waals surface area contributed by atoms with Gasteiger partial charge < -0.3 is 9.88 Å². The van der Waals surface area contributed by atoms with Gasteiger partial charge in [0.25, 0.3) is 0 Å². The van der Waals surface area contributed by atoms with E-state index < -0.39 is 0 Å². The van der Waals surface area contributed by atoms with Crippen molar-refractivity contribution in [3.05, 3.63) is 24.0 Å². The van der Waals surface area contributed by atoms with E-state index in [0.29, 0.717) is 4.83 Å². The molecule has 0 saturated carbocycles. The van der Waals surface area contributed by atoms with Gasteiger partial charge in [-0.05, 0) is 37.0 Å². The van der Waals surface area contributed by atoms with Crippen LogP contribution in [0.15, 0.2) is 18.2 Å². The number of anilines is 1. The molecule has 102 valence electrons. The van der Waals surface area contributed by atoms with Crippen LogP contribution in [0.5, 0.6) is 0 Å². The first kappa shape index (κ1) is 12.9. The van der Waals surface area contributed by atoms with Crippen molar-refractivity contribution in [2.45, 2.75) is 24.6 Å². The zero-order valence-electron chi connectivity index (χ0n) is 10.9. The largest absolute Gasteiger partial charge is 0.342 e. The van der Waals surface area contributed by atoms with E-state index >= 15 is 0 Å². The van der Waals surface area contributed by atoms with Gasteiger partial charge in [-0.2, -0.15) is 0 Å². The van der Waals surface area contributed by atoms with Gasteiger partial charge >= 0.3 is 0 Å². The number of fused-ring (bicyclic) bond motifs is 1.